The maximum Gasteiger partial charge on any atom is 0.258 e. The lowest BCUT2D eigenvalue weighted by Gasteiger charge is -2.31. The number of hydrogen-bond acceptors (Lipinski definition) is 4. The third kappa shape index (κ3) is 4.20. The maximum absolute atomic E-state index is 12.8. The van der Waals surface area contributed by atoms with Crippen molar-refractivity contribution in [3.63, 3.8) is 0 Å². The molecule has 2 N–H and O–H groups in total. The maximum atomic E-state index is 12.8. The molecule has 0 spiro atoms. The molecule has 0 aliphatic carbocycles. The lowest BCUT2D eigenvalue weighted by Crippen LogP contribution is -3.13. The van der Waals surface area contributed by atoms with Crippen molar-refractivity contribution in [3.05, 3.63) is 69.2 Å². The Labute approximate surface area is 174 Å². The van der Waals surface area contributed by atoms with Gasteiger partial charge in [-0.3, -0.25) is 4.79 Å². The van der Waals surface area contributed by atoms with Crippen molar-refractivity contribution >= 4 is 32.5 Å². The lowest BCUT2D eigenvalue weighted by molar-refractivity contribution is -0.917. The van der Waals surface area contributed by atoms with Crippen molar-refractivity contribution < 1.29 is 13.3 Å². The first-order chi connectivity index (χ1) is 13.8. The Morgan fingerprint density at radius 2 is 1.83 bits per heavy atom. The summed E-state index contributed by atoms with van der Waals surface area (Å²) in [5.74, 6) is 0.578. The van der Waals surface area contributed by atoms with Crippen LogP contribution in [-0.2, 0) is 16.6 Å². The van der Waals surface area contributed by atoms with Gasteiger partial charge < -0.3 is 9.88 Å². The molecule has 0 atom stereocenters. The van der Waals surface area contributed by atoms with Gasteiger partial charge >= 0.3 is 0 Å². The Hall–Kier alpha value is -2.26. The van der Waals surface area contributed by atoms with Crippen LogP contribution in [0.3, 0.4) is 0 Å². The summed E-state index contributed by atoms with van der Waals surface area (Å²) in [6.07, 6.45) is 0. The van der Waals surface area contributed by atoms with Gasteiger partial charge in [-0.2, -0.15) is 4.31 Å². The van der Waals surface area contributed by atoms with Gasteiger partial charge in [0.25, 0.3) is 5.56 Å². The molecule has 2 aromatic carbocycles. The van der Waals surface area contributed by atoms with Gasteiger partial charge in [0.1, 0.15) is 6.54 Å². The standard InChI is InChI=1S/C20H21ClN4O3S/c1-14-2-5-16(6-3-14)29(27,28)25-10-8-24(9-11-25)13-19-22-18-12-15(21)4-7-17(18)20(26)23-19/h2-7,12H,8-11,13H2,1H3,(H,22,23,26)/p+1. The fraction of sp³-hybridized carbons (Fsp3) is 0.300. The molecule has 152 valence electrons. The van der Waals surface area contributed by atoms with Crippen molar-refractivity contribution in [2.24, 2.45) is 0 Å². The minimum absolute atomic E-state index is 0.193. The molecular formula is C20H22ClN4O3S+. The second-order valence-electron chi connectivity index (χ2n) is 7.32. The summed E-state index contributed by atoms with van der Waals surface area (Å²) >= 11 is 6.01. The summed E-state index contributed by atoms with van der Waals surface area (Å²) in [5, 5.41) is 1.03. The quantitative estimate of drug-likeness (QED) is 0.642. The van der Waals surface area contributed by atoms with Crippen LogP contribution in [0.15, 0.2) is 52.2 Å². The second-order valence-corrected chi connectivity index (χ2v) is 9.69. The zero-order chi connectivity index (χ0) is 20.6. The normalized spacial score (nSPS) is 16.3. The molecule has 0 amide bonds. The SMILES string of the molecule is Cc1ccc(S(=O)(=O)N2CC[NH+](Cc3nc4cc(Cl)ccc4c(=O)[nH]3)CC2)cc1. The molecule has 1 aliphatic rings. The molecule has 0 saturated carbocycles. The van der Waals surface area contributed by atoms with E-state index in [2.05, 4.69) is 9.97 Å². The Morgan fingerprint density at radius 1 is 1.14 bits per heavy atom. The van der Waals surface area contributed by atoms with Crippen molar-refractivity contribution in [1.29, 1.82) is 0 Å². The van der Waals surface area contributed by atoms with Gasteiger partial charge in [0, 0.05) is 5.02 Å². The molecule has 3 aromatic rings. The van der Waals surface area contributed by atoms with Crippen LogP contribution in [0.4, 0.5) is 0 Å². The number of piperazine rings is 1. The van der Waals surface area contributed by atoms with Gasteiger partial charge in [-0.15, -0.1) is 0 Å². The van der Waals surface area contributed by atoms with E-state index in [-0.39, 0.29) is 5.56 Å². The molecule has 4 rings (SSSR count). The number of aryl methyl sites for hydroxylation is 1. The number of rotatable bonds is 4. The van der Waals surface area contributed by atoms with Crippen molar-refractivity contribution in [1.82, 2.24) is 14.3 Å². The number of quaternary nitrogens is 1. The minimum Gasteiger partial charge on any atom is -0.326 e. The van der Waals surface area contributed by atoms with E-state index in [4.69, 9.17) is 11.6 Å². The number of halogens is 1. The monoisotopic (exact) mass is 433 g/mol. The summed E-state index contributed by atoms with van der Waals surface area (Å²) in [6, 6.07) is 11.9. The molecule has 1 aromatic heterocycles. The number of aromatic nitrogens is 2. The minimum atomic E-state index is -3.48. The predicted octanol–water partition coefficient (Wildman–Crippen LogP) is 0.974. The molecule has 1 aliphatic heterocycles. The van der Waals surface area contributed by atoms with Gasteiger partial charge in [0.15, 0.2) is 5.82 Å². The van der Waals surface area contributed by atoms with Crippen LogP contribution in [0.5, 0.6) is 0 Å². The van der Waals surface area contributed by atoms with E-state index < -0.39 is 10.0 Å². The van der Waals surface area contributed by atoms with Gasteiger partial charge in [0.05, 0.1) is 42.0 Å². The molecule has 2 heterocycles. The highest BCUT2D eigenvalue weighted by Gasteiger charge is 2.30. The highest BCUT2D eigenvalue weighted by molar-refractivity contribution is 7.89. The average Bonchev–Trinajstić information content (AvgIpc) is 2.68. The van der Waals surface area contributed by atoms with Crippen LogP contribution in [0.1, 0.15) is 11.4 Å². The van der Waals surface area contributed by atoms with E-state index in [0.717, 1.165) is 5.56 Å². The topological polar surface area (TPSA) is 87.6 Å². The van der Waals surface area contributed by atoms with E-state index in [1.807, 2.05) is 19.1 Å². The molecule has 9 heteroatoms. The first-order valence-electron chi connectivity index (χ1n) is 9.42. The van der Waals surface area contributed by atoms with E-state index in [9.17, 15) is 13.2 Å². The van der Waals surface area contributed by atoms with Crippen LogP contribution < -0.4 is 10.5 Å². The van der Waals surface area contributed by atoms with Crippen LogP contribution >= 0.6 is 11.6 Å². The number of hydrogen-bond donors (Lipinski definition) is 2. The van der Waals surface area contributed by atoms with Gasteiger partial charge in [0.2, 0.25) is 10.0 Å². The number of H-pyrrole nitrogens is 1. The molecular weight excluding hydrogens is 412 g/mol. The first-order valence-corrected chi connectivity index (χ1v) is 11.2. The van der Waals surface area contributed by atoms with Gasteiger partial charge in [-0.05, 0) is 37.3 Å². The highest BCUT2D eigenvalue weighted by atomic mass is 35.5. The predicted molar refractivity (Wildman–Crippen MR) is 112 cm³/mol. The van der Waals surface area contributed by atoms with Crippen LogP contribution in [-0.4, -0.2) is 48.9 Å². The summed E-state index contributed by atoms with van der Waals surface area (Å²) in [5.41, 5.74) is 1.40. The largest absolute Gasteiger partial charge is 0.326 e. The first kappa shape index (κ1) is 20.0. The number of fused-ring (bicyclic) bond motifs is 1. The van der Waals surface area contributed by atoms with E-state index in [0.29, 0.717) is 59.4 Å². The molecule has 7 nitrogen and oxygen atoms in total. The summed E-state index contributed by atoms with van der Waals surface area (Å²) in [6.45, 7) is 4.59. The molecule has 0 bridgehead atoms. The fourth-order valence-electron chi connectivity index (χ4n) is 3.56. The Bertz CT molecular complexity index is 1200. The molecule has 0 radical (unpaired) electrons. The summed E-state index contributed by atoms with van der Waals surface area (Å²) in [4.78, 5) is 21.1. The van der Waals surface area contributed by atoms with Crippen molar-refractivity contribution in [2.45, 2.75) is 18.4 Å². The lowest BCUT2D eigenvalue weighted by atomic mass is 10.2. The number of nitrogens with zero attached hydrogens (tertiary/aromatic N) is 2. The number of sulfonamides is 1. The number of benzene rings is 2. The van der Waals surface area contributed by atoms with E-state index >= 15 is 0 Å². The Morgan fingerprint density at radius 3 is 2.52 bits per heavy atom. The number of aromatic amines is 1. The average molecular weight is 434 g/mol. The molecule has 1 fully saturated rings. The number of nitrogens with one attached hydrogen (secondary N) is 2. The molecule has 29 heavy (non-hydrogen) atoms. The Balaban J connectivity index is 1.46. The zero-order valence-corrected chi connectivity index (χ0v) is 17.6. The van der Waals surface area contributed by atoms with Crippen molar-refractivity contribution in [3.8, 4) is 0 Å². The summed E-state index contributed by atoms with van der Waals surface area (Å²) < 4.78 is 27.2. The van der Waals surface area contributed by atoms with Crippen LogP contribution in [0.25, 0.3) is 10.9 Å². The van der Waals surface area contributed by atoms with E-state index in [1.165, 1.54) is 9.21 Å². The third-order valence-electron chi connectivity index (χ3n) is 5.22. The molecule has 1 saturated heterocycles. The highest BCUT2D eigenvalue weighted by Crippen LogP contribution is 2.17. The third-order valence-corrected chi connectivity index (χ3v) is 7.37. The van der Waals surface area contributed by atoms with Crippen LogP contribution in [0, 0.1) is 6.92 Å². The van der Waals surface area contributed by atoms with Gasteiger partial charge in [-0.1, -0.05) is 29.3 Å². The second kappa shape index (κ2) is 7.87. The Kier molecular flexibility index (Phi) is 5.44. The van der Waals surface area contributed by atoms with Crippen LogP contribution in [0.2, 0.25) is 5.02 Å². The zero-order valence-electron chi connectivity index (χ0n) is 16.0. The smallest absolute Gasteiger partial charge is 0.258 e. The van der Waals surface area contributed by atoms with Crippen molar-refractivity contribution in [2.75, 3.05) is 26.2 Å². The summed E-state index contributed by atoms with van der Waals surface area (Å²) in [7, 11) is -3.48. The van der Waals surface area contributed by atoms with Gasteiger partial charge in [-0.25, -0.2) is 13.4 Å². The fourth-order valence-corrected chi connectivity index (χ4v) is 5.17. The van der Waals surface area contributed by atoms with E-state index in [1.54, 1.807) is 30.3 Å². The molecule has 0 unspecified atom stereocenters.